The van der Waals surface area contributed by atoms with Crippen LogP contribution < -0.4 is 5.32 Å². The standard InChI is InChI=1S/C17H29N2O3Si.ClH/c1-5-19(16-17-10-7-6-8-11-17)14-13-18-12-9-15-23(20-2,21-3)22-4;/h5-8,10-11,16,18H,1,9,12-15H2,2-4H3;1H/q+1;. The molecule has 0 aliphatic carbocycles. The van der Waals surface area contributed by atoms with Crippen molar-refractivity contribution in [1.82, 2.24) is 5.32 Å². The number of nitrogens with zero attached hydrogens (tertiary/aromatic N) is 1. The van der Waals surface area contributed by atoms with Crippen LogP contribution in [0.1, 0.15) is 12.0 Å². The summed E-state index contributed by atoms with van der Waals surface area (Å²) in [5, 5.41) is 3.43. The van der Waals surface area contributed by atoms with Crippen LogP contribution in [0, 0.1) is 0 Å². The van der Waals surface area contributed by atoms with E-state index in [-0.39, 0.29) is 12.4 Å². The first-order valence-electron chi connectivity index (χ1n) is 7.84. The molecule has 1 aromatic rings. The predicted molar refractivity (Wildman–Crippen MR) is 103 cm³/mol. The Kier molecular flexibility index (Phi) is 12.7. The number of benzene rings is 1. The molecule has 0 aliphatic rings. The van der Waals surface area contributed by atoms with Crippen LogP contribution in [0.5, 0.6) is 0 Å². The van der Waals surface area contributed by atoms with Crippen molar-refractivity contribution in [2.75, 3.05) is 41.0 Å². The second-order valence-corrected chi connectivity index (χ2v) is 8.20. The van der Waals surface area contributed by atoms with Gasteiger partial charge in [0.1, 0.15) is 0 Å². The van der Waals surface area contributed by atoms with Crippen LogP contribution in [0.25, 0.3) is 0 Å². The third kappa shape index (κ3) is 8.19. The number of nitrogens with one attached hydrogen (secondary N) is 1. The highest BCUT2D eigenvalue weighted by atomic mass is 35.5. The van der Waals surface area contributed by atoms with Gasteiger partial charge in [0, 0.05) is 32.9 Å². The molecule has 24 heavy (non-hydrogen) atoms. The minimum absolute atomic E-state index is 0. The molecule has 0 spiro atoms. The first-order valence-corrected chi connectivity index (χ1v) is 9.77. The summed E-state index contributed by atoms with van der Waals surface area (Å²) in [5.41, 5.74) is 1.17. The molecule has 0 saturated heterocycles. The highest BCUT2D eigenvalue weighted by Crippen LogP contribution is 2.14. The highest BCUT2D eigenvalue weighted by molar-refractivity contribution is 6.60. The zero-order valence-electron chi connectivity index (χ0n) is 14.9. The second kappa shape index (κ2) is 13.3. The molecule has 136 valence electrons. The summed E-state index contributed by atoms with van der Waals surface area (Å²) in [6, 6.07) is 11.0. The Morgan fingerprint density at radius 2 is 1.71 bits per heavy atom. The van der Waals surface area contributed by atoms with Gasteiger partial charge in [-0.05, 0) is 31.7 Å². The van der Waals surface area contributed by atoms with Gasteiger partial charge in [-0.1, -0.05) is 18.2 Å². The molecule has 0 aliphatic heterocycles. The molecule has 0 aromatic heterocycles. The Morgan fingerprint density at radius 1 is 1.08 bits per heavy atom. The van der Waals surface area contributed by atoms with Crippen molar-refractivity contribution in [2.45, 2.75) is 12.5 Å². The van der Waals surface area contributed by atoms with Crippen LogP contribution in [0.2, 0.25) is 6.04 Å². The van der Waals surface area contributed by atoms with Crippen molar-refractivity contribution in [2.24, 2.45) is 0 Å². The Hall–Kier alpha value is -1.02. The third-order valence-electron chi connectivity index (χ3n) is 3.67. The summed E-state index contributed by atoms with van der Waals surface area (Å²) in [6.07, 6.45) is 4.89. The molecule has 0 fully saturated rings. The summed E-state index contributed by atoms with van der Waals surface area (Å²) in [7, 11) is 2.51. The average molecular weight is 374 g/mol. The number of halogens is 1. The van der Waals surface area contributed by atoms with Gasteiger partial charge in [0.25, 0.3) is 0 Å². The SMILES string of the molecule is C=C[N+](=Cc1ccccc1)CCNCCC[Si](OC)(OC)OC.Cl. The first kappa shape index (κ1) is 23.0. The molecule has 0 heterocycles. The normalized spacial score (nSPS) is 11.9. The summed E-state index contributed by atoms with van der Waals surface area (Å²) in [5.74, 6) is 0. The van der Waals surface area contributed by atoms with E-state index in [1.165, 1.54) is 5.56 Å². The zero-order chi connectivity index (χ0) is 17.0. The number of hydrogen-bond acceptors (Lipinski definition) is 4. The lowest BCUT2D eigenvalue weighted by atomic mass is 10.2. The molecule has 0 bridgehead atoms. The molecule has 1 rings (SSSR count). The van der Waals surface area contributed by atoms with Crippen LogP contribution in [-0.4, -0.2) is 60.6 Å². The fraction of sp³-hybridized carbons (Fsp3) is 0.471. The summed E-state index contributed by atoms with van der Waals surface area (Å²) in [6.45, 7) is 6.53. The van der Waals surface area contributed by atoms with Crippen LogP contribution in [0.3, 0.4) is 0 Å². The van der Waals surface area contributed by atoms with Crippen molar-refractivity contribution < 1.29 is 17.9 Å². The Bertz CT molecular complexity index is 474. The minimum atomic E-state index is -2.43. The summed E-state index contributed by atoms with van der Waals surface area (Å²) >= 11 is 0. The van der Waals surface area contributed by atoms with Gasteiger partial charge in [-0.15, -0.1) is 12.4 Å². The van der Waals surface area contributed by atoms with Gasteiger partial charge in [-0.3, -0.25) is 0 Å². The van der Waals surface area contributed by atoms with Crippen molar-refractivity contribution in [3.63, 3.8) is 0 Å². The number of rotatable bonds is 12. The summed E-state index contributed by atoms with van der Waals surface area (Å²) < 4.78 is 18.3. The topological polar surface area (TPSA) is 42.7 Å². The van der Waals surface area contributed by atoms with E-state index in [1.807, 2.05) is 24.4 Å². The zero-order valence-corrected chi connectivity index (χ0v) is 16.7. The van der Waals surface area contributed by atoms with E-state index in [4.69, 9.17) is 13.3 Å². The second-order valence-electron chi connectivity index (χ2n) is 5.11. The van der Waals surface area contributed by atoms with E-state index >= 15 is 0 Å². The molecule has 0 atom stereocenters. The Labute approximate surface area is 153 Å². The Morgan fingerprint density at radius 3 is 2.25 bits per heavy atom. The van der Waals surface area contributed by atoms with Gasteiger partial charge in [0.2, 0.25) is 0 Å². The van der Waals surface area contributed by atoms with Gasteiger partial charge >= 0.3 is 8.80 Å². The van der Waals surface area contributed by atoms with E-state index in [1.54, 1.807) is 21.3 Å². The van der Waals surface area contributed by atoms with Crippen LogP contribution in [0.15, 0.2) is 43.1 Å². The largest absolute Gasteiger partial charge is 0.500 e. The minimum Gasteiger partial charge on any atom is -0.377 e. The van der Waals surface area contributed by atoms with Crippen molar-refractivity contribution in [3.05, 3.63) is 48.7 Å². The van der Waals surface area contributed by atoms with E-state index < -0.39 is 8.80 Å². The third-order valence-corrected chi connectivity index (χ3v) is 6.50. The average Bonchev–Trinajstić information content (AvgIpc) is 2.61. The fourth-order valence-electron chi connectivity index (χ4n) is 2.26. The summed E-state index contributed by atoms with van der Waals surface area (Å²) in [4.78, 5) is 0. The maximum atomic E-state index is 5.40. The molecule has 1 aromatic carbocycles. The van der Waals surface area contributed by atoms with Crippen LogP contribution in [-0.2, 0) is 13.3 Å². The van der Waals surface area contributed by atoms with Crippen LogP contribution in [0.4, 0.5) is 0 Å². The molecule has 7 heteroatoms. The molecule has 5 nitrogen and oxygen atoms in total. The van der Waals surface area contributed by atoms with E-state index in [2.05, 4.69) is 34.8 Å². The molecule has 0 unspecified atom stereocenters. The van der Waals surface area contributed by atoms with Gasteiger partial charge in [0.15, 0.2) is 19.0 Å². The smallest absolute Gasteiger partial charge is 0.377 e. The lowest BCUT2D eigenvalue weighted by Gasteiger charge is -2.24. The predicted octanol–water partition coefficient (Wildman–Crippen LogP) is 2.54. The maximum absolute atomic E-state index is 5.40. The lowest BCUT2D eigenvalue weighted by Crippen LogP contribution is -2.43. The van der Waals surface area contributed by atoms with Gasteiger partial charge in [-0.25, -0.2) is 4.58 Å². The van der Waals surface area contributed by atoms with Gasteiger partial charge < -0.3 is 18.6 Å². The molecular formula is C17H30ClN2O3Si+. The lowest BCUT2D eigenvalue weighted by molar-refractivity contribution is -0.449. The van der Waals surface area contributed by atoms with Gasteiger partial charge in [-0.2, -0.15) is 0 Å². The van der Waals surface area contributed by atoms with Crippen LogP contribution >= 0.6 is 12.4 Å². The van der Waals surface area contributed by atoms with E-state index in [9.17, 15) is 0 Å². The van der Waals surface area contributed by atoms with Crippen molar-refractivity contribution in [1.29, 1.82) is 0 Å². The Balaban J connectivity index is 0.00000529. The fourth-order valence-corrected chi connectivity index (χ4v) is 3.98. The quantitative estimate of drug-likeness (QED) is 0.264. The van der Waals surface area contributed by atoms with E-state index in [0.29, 0.717) is 0 Å². The molecule has 0 radical (unpaired) electrons. The van der Waals surface area contributed by atoms with Crippen molar-refractivity contribution >= 4 is 27.4 Å². The first-order chi connectivity index (χ1) is 11.2. The van der Waals surface area contributed by atoms with Gasteiger partial charge in [0.05, 0.1) is 6.54 Å². The maximum Gasteiger partial charge on any atom is 0.500 e. The van der Waals surface area contributed by atoms with E-state index in [0.717, 1.165) is 32.1 Å². The molecular weight excluding hydrogens is 344 g/mol. The van der Waals surface area contributed by atoms with Crippen molar-refractivity contribution in [3.8, 4) is 0 Å². The number of hydrogen-bond donors (Lipinski definition) is 1. The molecule has 1 N–H and O–H groups in total. The highest BCUT2D eigenvalue weighted by Gasteiger charge is 2.36. The molecule has 0 saturated carbocycles. The monoisotopic (exact) mass is 373 g/mol. The molecule has 0 amide bonds.